The molecule has 3 aromatic rings. The van der Waals surface area contributed by atoms with Crippen molar-refractivity contribution < 1.29 is 9.21 Å². The lowest BCUT2D eigenvalue weighted by atomic mass is 9.97. The van der Waals surface area contributed by atoms with Crippen LogP contribution < -0.4 is 17.0 Å². The SMILES string of the molecule is NC(=O)Cn1c(=O)n(Cc2ccco2)c(=O)c2c3c(sc21)CCCC3. The zero-order chi connectivity index (χ0) is 17.6. The summed E-state index contributed by atoms with van der Waals surface area (Å²) in [4.78, 5) is 39.1. The number of furan rings is 1. The Morgan fingerprint density at radius 1 is 1.24 bits per heavy atom. The highest BCUT2D eigenvalue weighted by atomic mass is 32.1. The van der Waals surface area contributed by atoms with E-state index in [0.29, 0.717) is 16.0 Å². The van der Waals surface area contributed by atoms with Crippen molar-refractivity contribution >= 4 is 27.5 Å². The summed E-state index contributed by atoms with van der Waals surface area (Å²) < 4.78 is 7.73. The van der Waals surface area contributed by atoms with Crippen LogP contribution in [0.5, 0.6) is 0 Å². The van der Waals surface area contributed by atoms with Gasteiger partial charge in [-0.15, -0.1) is 11.3 Å². The number of hydrogen-bond acceptors (Lipinski definition) is 5. The molecule has 0 radical (unpaired) electrons. The molecule has 130 valence electrons. The summed E-state index contributed by atoms with van der Waals surface area (Å²) in [5.41, 5.74) is 5.49. The van der Waals surface area contributed by atoms with E-state index in [0.717, 1.165) is 40.7 Å². The maximum atomic E-state index is 13.0. The molecule has 0 fully saturated rings. The monoisotopic (exact) mass is 359 g/mol. The molecule has 1 aliphatic carbocycles. The maximum absolute atomic E-state index is 13.0. The van der Waals surface area contributed by atoms with Crippen molar-refractivity contribution in [2.45, 2.75) is 38.8 Å². The number of nitrogens with zero attached hydrogens (tertiary/aromatic N) is 2. The molecule has 0 atom stereocenters. The van der Waals surface area contributed by atoms with E-state index in [4.69, 9.17) is 10.2 Å². The Bertz CT molecular complexity index is 1070. The number of fused-ring (bicyclic) bond motifs is 3. The van der Waals surface area contributed by atoms with E-state index in [-0.39, 0.29) is 18.6 Å². The van der Waals surface area contributed by atoms with Crippen molar-refractivity contribution in [3.63, 3.8) is 0 Å². The van der Waals surface area contributed by atoms with Crippen LogP contribution >= 0.6 is 11.3 Å². The number of rotatable bonds is 4. The number of aryl methyl sites for hydroxylation is 2. The largest absolute Gasteiger partial charge is 0.467 e. The zero-order valence-corrected chi connectivity index (χ0v) is 14.3. The first-order valence-electron chi connectivity index (χ1n) is 8.15. The highest BCUT2D eigenvalue weighted by Crippen LogP contribution is 2.34. The number of aromatic nitrogens is 2. The van der Waals surface area contributed by atoms with Gasteiger partial charge in [0.2, 0.25) is 5.91 Å². The number of amides is 1. The van der Waals surface area contributed by atoms with Crippen LogP contribution in [-0.2, 0) is 30.7 Å². The summed E-state index contributed by atoms with van der Waals surface area (Å²) in [6, 6.07) is 3.41. The van der Waals surface area contributed by atoms with Crippen LogP contribution in [0.3, 0.4) is 0 Å². The summed E-state index contributed by atoms with van der Waals surface area (Å²) in [7, 11) is 0. The molecule has 0 unspecified atom stereocenters. The molecule has 3 heterocycles. The van der Waals surface area contributed by atoms with Gasteiger partial charge < -0.3 is 10.2 Å². The number of carbonyl (C=O) groups excluding carboxylic acids is 1. The Hall–Kier alpha value is -2.61. The maximum Gasteiger partial charge on any atom is 0.333 e. The van der Waals surface area contributed by atoms with Gasteiger partial charge in [-0.05, 0) is 43.4 Å². The topological polar surface area (TPSA) is 100 Å². The van der Waals surface area contributed by atoms with Gasteiger partial charge in [0.25, 0.3) is 5.56 Å². The average molecular weight is 359 g/mol. The first kappa shape index (κ1) is 15.9. The molecule has 25 heavy (non-hydrogen) atoms. The smallest absolute Gasteiger partial charge is 0.333 e. The Labute approximate surface area is 146 Å². The molecule has 1 aliphatic rings. The van der Waals surface area contributed by atoms with E-state index in [1.165, 1.54) is 22.2 Å². The van der Waals surface area contributed by atoms with Gasteiger partial charge in [-0.1, -0.05) is 0 Å². The van der Waals surface area contributed by atoms with Crippen LogP contribution in [0, 0.1) is 0 Å². The van der Waals surface area contributed by atoms with E-state index in [2.05, 4.69) is 0 Å². The van der Waals surface area contributed by atoms with Gasteiger partial charge in [0.15, 0.2) is 0 Å². The summed E-state index contributed by atoms with van der Waals surface area (Å²) in [5, 5.41) is 0.548. The van der Waals surface area contributed by atoms with Crippen molar-refractivity contribution in [3.8, 4) is 0 Å². The average Bonchev–Trinajstić information content (AvgIpc) is 3.22. The number of thiophene rings is 1. The van der Waals surface area contributed by atoms with Gasteiger partial charge in [0.1, 0.15) is 17.1 Å². The molecule has 0 bridgehead atoms. The molecule has 3 aromatic heterocycles. The van der Waals surface area contributed by atoms with Gasteiger partial charge in [0.05, 0.1) is 18.2 Å². The fourth-order valence-corrected chi connectivity index (χ4v) is 4.78. The van der Waals surface area contributed by atoms with Gasteiger partial charge in [-0.3, -0.25) is 18.7 Å². The molecule has 0 saturated carbocycles. The highest BCUT2D eigenvalue weighted by molar-refractivity contribution is 7.18. The summed E-state index contributed by atoms with van der Waals surface area (Å²) in [5.74, 6) is -0.105. The second-order valence-electron chi connectivity index (χ2n) is 6.20. The Morgan fingerprint density at radius 3 is 2.76 bits per heavy atom. The van der Waals surface area contributed by atoms with Gasteiger partial charge in [-0.2, -0.15) is 0 Å². The zero-order valence-electron chi connectivity index (χ0n) is 13.5. The predicted molar refractivity (Wildman–Crippen MR) is 94.0 cm³/mol. The van der Waals surface area contributed by atoms with Crippen molar-refractivity contribution in [3.05, 3.63) is 55.4 Å². The second kappa shape index (κ2) is 6.03. The fourth-order valence-electron chi connectivity index (χ4n) is 3.41. The first-order chi connectivity index (χ1) is 12.1. The standard InChI is InChI=1S/C17H17N3O4S/c18-13(21)9-20-16-14(11-5-1-2-6-12(11)25-16)15(22)19(17(20)23)8-10-4-3-7-24-10/h3-4,7H,1-2,5-6,8-9H2,(H2,18,21). The first-order valence-corrected chi connectivity index (χ1v) is 8.96. The second-order valence-corrected chi connectivity index (χ2v) is 7.28. The molecule has 7 nitrogen and oxygen atoms in total. The Balaban J connectivity index is 2.03. The normalized spacial score (nSPS) is 13.9. The predicted octanol–water partition coefficient (Wildman–Crippen LogP) is 1.23. The van der Waals surface area contributed by atoms with Crippen LogP contribution in [-0.4, -0.2) is 15.0 Å². The lowest BCUT2D eigenvalue weighted by Crippen LogP contribution is -2.41. The summed E-state index contributed by atoms with van der Waals surface area (Å²) in [6.45, 7) is -0.211. The summed E-state index contributed by atoms with van der Waals surface area (Å²) in [6.07, 6.45) is 5.30. The summed E-state index contributed by atoms with van der Waals surface area (Å²) >= 11 is 1.43. The van der Waals surface area contributed by atoms with Gasteiger partial charge >= 0.3 is 5.69 Å². The number of primary amides is 1. The molecular formula is C17H17N3O4S. The van der Waals surface area contributed by atoms with E-state index >= 15 is 0 Å². The van der Waals surface area contributed by atoms with Crippen LogP contribution in [0.15, 0.2) is 32.4 Å². The third-order valence-electron chi connectivity index (χ3n) is 4.53. The van der Waals surface area contributed by atoms with Gasteiger partial charge in [0, 0.05) is 4.88 Å². The van der Waals surface area contributed by atoms with Crippen LogP contribution in [0.25, 0.3) is 10.2 Å². The van der Waals surface area contributed by atoms with E-state index in [1.807, 2.05) is 0 Å². The number of nitrogens with two attached hydrogens (primary N) is 1. The van der Waals surface area contributed by atoms with E-state index < -0.39 is 11.6 Å². The Kier molecular flexibility index (Phi) is 3.84. The number of hydrogen-bond donors (Lipinski definition) is 1. The minimum absolute atomic E-state index is 0.0317. The van der Waals surface area contributed by atoms with Gasteiger partial charge in [-0.25, -0.2) is 4.79 Å². The van der Waals surface area contributed by atoms with Crippen molar-refractivity contribution in [1.82, 2.24) is 9.13 Å². The Morgan fingerprint density at radius 2 is 2.04 bits per heavy atom. The lowest BCUT2D eigenvalue weighted by molar-refractivity contribution is -0.118. The minimum atomic E-state index is -0.613. The fraction of sp³-hybridized carbons (Fsp3) is 0.353. The van der Waals surface area contributed by atoms with E-state index in [9.17, 15) is 14.4 Å². The van der Waals surface area contributed by atoms with E-state index in [1.54, 1.807) is 12.1 Å². The molecular weight excluding hydrogens is 342 g/mol. The van der Waals surface area contributed by atoms with Crippen LogP contribution in [0.1, 0.15) is 29.0 Å². The molecule has 0 spiro atoms. The van der Waals surface area contributed by atoms with Crippen molar-refractivity contribution in [1.29, 1.82) is 0 Å². The minimum Gasteiger partial charge on any atom is -0.467 e. The molecule has 4 rings (SSSR count). The third-order valence-corrected chi connectivity index (χ3v) is 5.84. The lowest BCUT2D eigenvalue weighted by Gasteiger charge is -2.12. The van der Waals surface area contributed by atoms with Crippen molar-refractivity contribution in [2.24, 2.45) is 5.73 Å². The molecule has 0 aromatic carbocycles. The number of carbonyl (C=O) groups is 1. The molecule has 0 aliphatic heterocycles. The van der Waals surface area contributed by atoms with Crippen molar-refractivity contribution in [2.75, 3.05) is 0 Å². The quantitative estimate of drug-likeness (QED) is 0.757. The molecule has 8 heteroatoms. The van der Waals surface area contributed by atoms with Crippen LogP contribution in [0.2, 0.25) is 0 Å². The molecule has 2 N–H and O–H groups in total. The van der Waals surface area contributed by atoms with Crippen LogP contribution in [0.4, 0.5) is 0 Å². The third kappa shape index (κ3) is 2.62. The molecule has 1 amide bonds. The highest BCUT2D eigenvalue weighted by Gasteiger charge is 2.24. The molecule has 0 saturated heterocycles.